The Bertz CT molecular complexity index is 1230. The Balaban J connectivity index is 1.56. The predicted octanol–water partition coefficient (Wildman–Crippen LogP) is 1.24. The molecule has 0 radical (unpaired) electrons. The van der Waals surface area contributed by atoms with Crippen LogP contribution in [0.25, 0.3) is 10.9 Å². The number of rotatable bonds is 8. The van der Waals surface area contributed by atoms with Gasteiger partial charge in [0.2, 0.25) is 12.7 Å². The molecule has 1 aliphatic heterocycles. The largest absolute Gasteiger partial charge is 0.454 e. The van der Waals surface area contributed by atoms with E-state index in [2.05, 4.69) is 5.32 Å². The number of para-hydroxylation sites is 1. The minimum Gasteiger partial charge on any atom is -0.454 e. The van der Waals surface area contributed by atoms with E-state index in [1.165, 1.54) is 4.57 Å². The summed E-state index contributed by atoms with van der Waals surface area (Å²) in [5.74, 6) is 0.966. The van der Waals surface area contributed by atoms with E-state index in [0.29, 0.717) is 35.4 Å². The number of nitrogens with one attached hydrogen (secondary N) is 1. The number of ether oxygens (including phenoxy) is 3. The van der Waals surface area contributed by atoms with Crippen LogP contribution in [-0.4, -0.2) is 35.6 Å². The molecule has 0 aliphatic carbocycles. The number of nitrogens with zero attached hydrogens (tertiary/aromatic N) is 2. The zero-order chi connectivity index (χ0) is 21.8. The van der Waals surface area contributed by atoms with E-state index in [-0.39, 0.29) is 37.9 Å². The fourth-order valence-corrected chi connectivity index (χ4v) is 3.54. The standard InChI is InChI=1S/C22H23N3O6/c1-29-10-4-9-24-21(27)16-5-2-3-6-17(16)25(22(24)28)13-20(26)23-12-15-7-8-18-19(11-15)31-14-30-18/h2-3,5-8,11H,4,9-10,12-14H2,1H3,(H,23,26). The summed E-state index contributed by atoms with van der Waals surface area (Å²) in [5, 5.41) is 3.21. The molecule has 0 fully saturated rings. The zero-order valence-corrected chi connectivity index (χ0v) is 17.1. The molecule has 9 heteroatoms. The van der Waals surface area contributed by atoms with Gasteiger partial charge in [0.05, 0.1) is 10.9 Å². The molecule has 4 rings (SSSR count). The van der Waals surface area contributed by atoms with E-state index in [9.17, 15) is 14.4 Å². The Morgan fingerprint density at radius 1 is 1.10 bits per heavy atom. The summed E-state index contributed by atoms with van der Waals surface area (Å²) in [6.45, 7) is 0.898. The van der Waals surface area contributed by atoms with Gasteiger partial charge in [-0.1, -0.05) is 18.2 Å². The molecule has 0 bridgehead atoms. The Morgan fingerprint density at radius 2 is 1.90 bits per heavy atom. The van der Waals surface area contributed by atoms with Crippen molar-refractivity contribution in [2.75, 3.05) is 20.5 Å². The van der Waals surface area contributed by atoms with Crippen LogP contribution in [0.4, 0.5) is 0 Å². The van der Waals surface area contributed by atoms with Crippen molar-refractivity contribution in [3.63, 3.8) is 0 Å². The van der Waals surface area contributed by atoms with Crippen molar-refractivity contribution in [2.24, 2.45) is 0 Å². The number of carbonyl (C=O) groups excluding carboxylic acids is 1. The van der Waals surface area contributed by atoms with Crippen LogP contribution in [0.3, 0.4) is 0 Å². The van der Waals surface area contributed by atoms with Crippen LogP contribution in [0.15, 0.2) is 52.1 Å². The molecule has 1 aromatic heterocycles. The van der Waals surface area contributed by atoms with Crippen LogP contribution >= 0.6 is 0 Å². The number of fused-ring (bicyclic) bond motifs is 2. The summed E-state index contributed by atoms with van der Waals surface area (Å²) in [4.78, 5) is 38.4. The average Bonchev–Trinajstić information content (AvgIpc) is 3.25. The van der Waals surface area contributed by atoms with Gasteiger partial charge in [-0.2, -0.15) is 0 Å². The van der Waals surface area contributed by atoms with E-state index in [4.69, 9.17) is 14.2 Å². The third-order valence-electron chi connectivity index (χ3n) is 5.09. The second kappa shape index (κ2) is 9.05. The number of benzene rings is 2. The molecule has 31 heavy (non-hydrogen) atoms. The number of hydrogen-bond acceptors (Lipinski definition) is 6. The Kier molecular flexibility index (Phi) is 6.03. The Morgan fingerprint density at radius 3 is 2.74 bits per heavy atom. The highest BCUT2D eigenvalue weighted by atomic mass is 16.7. The minimum absolute atomic E-state index is 0.182. The van der Waals surface area contributed by atoms with Gasteiger partial charge in [-0.25, -0.2) is 4.79 Å². The third-order valence-corrected chi connectivity index (χ3v) is 5.09. The van der Waals surface area contributed by atoms with Gasteiger partial charge >= 0.3 is 5.69 Å². The molecule has 2 aromatic carbocycles. The molecule has 162 valence electrons. The summed E-state index contributed by atoms with van der Waals surface area (Å²) in [6, 6.07) is 12.2. The summed E-state index contributed by atoms with van der Waals surface area (Å²) in [7, 11) is 1.56. The van der Waals surface area contributed by atoms with Crippen LogP contribution in [0.5, 0.6) is 11.5 Å². The highest BCUT2D eigenvalue weighted by Crippen LogP contribution is 2.32. The van der Waals surface area contributed by atoms with Gasteiger partial charge in [-0.05, 0) is 36.2 Å². The molecule has 0 atom stereocenters. The van der Waals surface area contributed by atoms with Crippen molar-refractivity contribution in [3.05, 3.63) is 68.9 Å². The smallest absolute Gasteiger partial charge is 0.331 e. The SMILES string of the molecule is COCCCn1c(=O)c2ccccc2n(CC(=O)NCc2ccc3c(c2)OCO3)c1=O. The van der Waals surface area contributed by atoms with Crippen LogP contribution in [-0.2, 0) is 29.2 Å². The molecular weight excluding hydrogens is 402 g/mol. The molecule has 0 unspecified atom stereocenters. The molecule has 1 N–H and O–H groups in total. The first kappa shape index (κ1) is 20.7. The van der Waals surface area contributed by atoms with E-state index in [1.54, 1.807) is 43.5 Å². The molecular formula is C22H23N3O6. The summed E-state index contributed by atoms with van der Waals surface area (Å²) >= 11 is 0. The Labute approximate surface area is 177 Å². The number of aromatic nitrogens is 2. The van der Waals surface area contributed by atoms with Crippen molar-refractivity contribution in [2.45, 2.75) is 26.1 Å². The first-order valence-electron chi connectivity index (χ1n) is 9.95. The molecule has 0 saturated carbocycles. The van der Waals surface area contributed by atoms with Crippen molar-refractivity contribution >= 4 is 16.8 Å². The Hall–Kier alpha value is -3.59. The van der Waals surface area contributed by atoms with Crippen LogP contribution < -0.4 is 26.0 Å². The van der Waals surface area contributed by atoms with E-state index in [0.717, 1.165) is 10.1 Å². The first-order chi connectivity index (χ1) is 15.1. The number of methoxy groups -OCH3 is 1. The third kappa shape index (κ3) is 4.31. The lowest BCUT2D eigenvalue weighted by Gasteiger charge is -2.14. The summed E-state index contributed by atoms with van der Waals surface area (Å²) in [5.41, 5.74) is 0.393. The topological polar surface area (TPSA) is 101 Å². The predicted molar refractivity (Wildman–Crippen MR) is 113 cm³/mol. The van der Waals surface area contributed by atoms with Gasteiger partial charge in [-0.3, -0.25) is 18.7 Å². The van der Waals surface area contributed by atoms with E-state index >= 15 is 0 Å². The lowest BCUT2D eigenvalue weighted by atomic mass is 10.2. The van der Waals surface area contributed by atoms with Gasteiger partial charge < -0.3 is 19.5 Å². The van der Waals surface area contributed by atoms with Gasteiger partial charge in [-0.15, -0.1) is 0 Å². The highest BCUT2D eigenvalue weighted by Gasteiger charge is 2.16. The van der Waals surface area contributed by atoms with Crippen LogP contribution in [0, 0.1) is 0 Å². The first-order valence-corrected chi connectivity index (χ1v) is 9.95. The molecule has 0 saturated heterocycles. The van der Waals surface area contributed by atoms with Crippen molar-refractivity contribution < 1.29 is 19.0 Å². The quantitative estimate of drug-likeness (QED) is 0.545. The van der Waals surface area contributed by atoms with Crippen molar-refractivity contribution in [1.29, 1.82) is 0 Å². The normalized spacial score (nSPS) is 12.3. The van der Waals surface area contributed by atoms with E-state index < -0.39 is 5.69 Å². The second-order valence-electron chi connectivity index (χ2n) is 7.15. The zero-order valence-electron chi connectivity index (χ0n) is 17.1. The molecule has 3 aromatic rings. The van der Waals surface area contributed by atoms with Gasteiger partial charge in [0.15, 0.2) is 11.5 Å². The van der Waals surface area contributed by atoms with Crippen LogP contribution in [0.2, 0.25) is 0 Å². The second-order valence-corrected chi connectivity index (χ2v) is 7.15. The number of hydrogen-bond donors (Lipinski definition) is 1. The van der Waals surface area contributed by atoms with Crippen LogP contribution in [0.1, 0.15) is 12.0 Å². The fourth-order valence-electron chi connectivity index (χ4n) is 3.54. The number of amides is 1. The molecule has 9 nitrogen and oxygen atoms in total. The van der Waals surface area contributed by atoms with Crippen molar-refractivity contribution in [3.8, 4) is 11.5 Å². The van der Waals surface area contributed by atoms with Crippen molar-refractivity contribution in [1.82, 2.24) is 14.5 Å². The molecule has 1 amide bonds. The lowest BCUT2D eigenvalue weighted by molar-refractivity contribution is -0.121. The summed E-state index contributed by atoms with van der Waals surface area (Å²) < 4.78 is 18.1. The molecule has 2 heterocycles. The van der Waals surface area contributed by atoms with E-state index in [1.807, 2.05) is 6.07 Å². The maximum atomic E-state index is 13.0. The van der Waals surface area contributed by atoms with Gasteiger partial charge in [0, 0.05) is 26.8 Å². The minimum atomic E-state index is -0.516. The average molecular weight is 425 g/mol. The highest BCUT2D eigenvalue weighted by molar-refractivity contribution is 5.81. The maximum Gasteiger partial charge on any atom is 0.331 e. The lowest BCUT2D eigenvalue weighted by Crippen LogP contribution is -2.42. The molecule has 0 spiro atoms. The maximum absolute atomic E-state index is 13.0. The molecule has 1 aliphatic rings. The summed E-state index contributed by atoms with van der Waals surface area (Å²) in [6.07, 6.45) is 0.514. The van der Waals surface area contributed by atoms with Gasteiger partial charge in [0.1, 0.15) is 6.54 Å². The monoisotopic (exact) mass is 425 g/mol. The number of carbonyl (C=O) groups is 1. The van der Waals surface area contributed by atoms with Gasteiger partial charge in [0.25, 0.3) is 5.56 Å². The fraction of sp³-hybridized carbons (Fsp3) is 0.318.